The quantitative estimate of drug-likeness (QED) is 0.856. The van der Waals surface area contributed by atoms with Crippen LogP contribution in [0.1, 0.15) is 26.2 Å². The molecule has 1 aromatic carbocycles. The van der Waals surface area contributed by atoms with Crippen molar-refractivity contribution in [2.45, 2.75) is 36.9 Å². The van der Waals surface area contributed by atoms with Crippen molar-refractivity contribution in [3.8, 4) is 11.3 Å². The zero-order valence-electron chi connectivity index (χ0n) is 13.0. The highest BCUT2D eigenvalue weighted by Gasteiger charge is 2.40. The summed E-state index contributed by atoms with van der Waals surface area (Å²) >= 11 is 0. The molecule has 1 saturated heterocycles. The minimum Gasteiger partial charge on any atom is -0.440 e. The molecular formula is C16H18FNO4S. The van der Waals surface area contributed by atoms with Crippen LogP contribution in [0.5, 0.6) is 0 Å². The van der Waals surface area contributed by atoms with E-state index in [9.17, 15) is 12.8 Å². The summed E-state index contributed by atoms with van der Waals surface area (Å²) in [4.78, 5) is 3.97. The van der Waals surface area contributed by atoms with Gasteiger partial charge in [-0.25, -0.2) is 17.8 Å². The van der Waals surface area contributed by atoms with Crippen molar-refractivity contribution in [1.82, 2.24) is 4.98 Å². The third-order valence-electron chi connectivity index (χ3n) is 3.90. The summed E-state index contributed by atoms with van der Waals surface area (Å²) in [6, 6.07) is 6.12. The molecule has 1 atom stereocenters. The Hall–Kier alpha value is -1.73. The summed E-state index contributed by atoms with van der Waals surface area (Å²) in [5.74, 6) is -0.473. The zero-order valence-corrected chi connectivity index (χ0v) is 13.8. The highest BCUT2D eigenvalue weighted by atomic mass is 32.2. The largest absolute Gasteiger partial charge is 0.440 e. The average molecular weight is 339 g/mol. The molecule has 0 spiro atoms. The second-order valence-electron chi connectivity index (χ2n) is 6.30. The lowest BCUT2D eigenvalue weighted by Crippen LogP contribution is -2.25. The molecule has 2 aromatic rings. The van der Waals surface area contributed by atoms with Crippen molar-refractivity contribution in [3.05, 3.63) is 42.2 Å². The molecule has 5 nitrogen and oxygen atoms in total. The summed E-state index contributed by atoms with van der Waals surface area (Å²) in [7, 11) is -3.44. The smallest absolute Gasteiger partial charge is 0.210 e. The molecule has 0 aliphatic carbocycles. The summed E-state index contributed by atoms with van der Waals surface area (Å²) in [5.41, 5.74) is -0.180. The Morgan fingerprint density at radius 3 is 2.74 bits per heavy atom. The van der Waals surface area contributed by atoms with E-state index in [-0.39, 0.29) is 29.6 Å². The van der Waals surface area contributed by atoms with Crippen LogP contribution < -0.4 is 0 Å². The van der Waals surface area contributed by atoms with Gasteiger partial charge in [0.05, 0.1) is 29.2 Å². The van der Waals surface area contributed by atoms with Crippen molar-refractivity contribution in [2.24, 2.45) is 0 Å². The topological polar surface area (TPSA) is 69.4 Å². The van der Waals surface area contributed by atoms with Crippen LogP contribution in [0.4, 0.5) is 4.39 Å². The molecular weight excluding hydrogens is 321 g/mol. The van der Waals surface area contributed by atoms with Crippen LogP contribution in [0.15, 0.2) is 34.9 Å². The minimum atomic E-state index is -3.44. The van der Waals surface area contributed by atoms with E-state index in [1.807, 2.05) is 13.8 Å². The standard InChI is InChI=1S/C16H18FNO4S/c1-16(2)7-11(9-21-16)23(19,20)10-15-18-8-14(22-15)12-5-3-4-6-13(12)17/h3-6,8,11H,7,9-10H2,1-2H3. The van der Waals surface area contributed by atoms with Crippen molar-refractivity contribution < 1.29 is 22.0 Å². The monoisotopic (exact) mass is 339 g/mol. The number of hydrogen-bond donors (Lipinski definition) is 0. The molecule has 0 bridgehead atoms. The number of oxazole rings is 1. The van der Waals surface area contributed by atoms with Crippen molar-refractivity contribution in [3.63, 3.8) is 0 Å². The van der Waals surface area contributed by atoms with Gasteiger partial charge in [-0.3, -0.25) is 0 Å². The van der Waals surface area contributed by atoms with Crippen molar-refractivity contribution in [1.29, 1.82) is 0 Å². The van der Waals surface area contributed by atoms with Crippen LogP contribution in [-0.2, 0) is 20.3 Å². The first-order chi connectivity index (χ1) is 10.8. The molecule has 1 aliphatic heterocycles. The lowest BCUT2D eigenvalue weighted by atomic mass is 10.1. The molecule has 1 aromatic heterocycles. The Labute approximate surface area is 134 Å². The predicted molar refractivity (Wildman–Crippen MR) is 83.0 cm³/mol. The molecule has 0 N–H and O–H groups in total. The number of nitrogens with zero attached hydrogens (tertiary/aromatic N) is 1. The number of aromatic nitrogens is 1. The van der Waals surface area contributed by atoms with Gasteiger partial charge in [0.15, 0.2) is 15.6 Å². The maximum atomic E-state index is 13.7. The molecule has 124 valence electrons. The fourth-order valence-corrected chi connectivity index (χ4v) is 4.31. The number of rotatable bonds is 4. The Kier molecular flexibility index (Phi) is 4.01. The van der Waals surface area contributed by atoms with Gasteiger partial charge in [0.25, 0.3) is 0 Å². The molecule has 1 fully saturated rings. The van der Waals surface area contributed by atoms with Crippen LogP contribution in [0.2, 0.25) is 0 Å². The SMILES string of the molecule is CC1(C)CC(S(=O)(=O)Cc2ncc(-c3ccccc3F)o2)CO1. The third-order valence-corrected chi connectivity index (χ3v) is 5.87. The van der Waals surface area contributed by atoms with Crippen LogP contribution in [0.3, 0.4) is 0 Å². The molecule has 7 heteroatoms. The molecule has 2 heterocycles. The van der Waals surface area contributed by atoms with E-state index >= 15 is 0 Å². The maximum absolute atomic E-state index is 13.7. The fraction of sp³-hybridized carbons (Fsp3) is 0.438. The number of halogens is 1. The van der Waals surface area contributed by atoms with E-state index in [4.69, 9.17) is 9.15 Å². The summed E-state index contributed by atoms with van der Waals surface area (Å²) in [6.45, 7) is 3.91. The second kappa shape index (κ2) is 5.72. The molecule has 23 heavy (non-hydrogen) atoms. The fourth-order valence-electron chi connectivity index (χ4n) is 2.67. The van der Waals surface area contributed by atoms with E-state index in [0.717, 1.165) is 0 Å². The number of ether oxygens (including phenoxy) is 1. The van der Waals surface area contributed by atoms with Gasteiger partial charge in [0, 0.05) is 0 Å². The lowest BCUT2D eigenvalue weighted by molar-refractivity contribution is 0.0368. The van der Waals surface area contributed by atoms with Gasteiger partial charge in [0.2, 0.25) is 5.89 Å². The number of hydrogen-bond acceptors (Lipinski definition) is 5. The molecule has 1 aliphatic rings. The summed E-state index contributed by atoms with van der Waals surface area (Å²) in [6.07, 6.45) is 1.79. The Bertz CT molecular complexity index is 813. The first-order valence-corrected chi connectivity index (χ1v) is 9.03. The number of benzene rings is 1. The van der Waals surface area contributed by atoms with Crippen LogP contribution in [-0.4, -0.2) is 30.9 Å². The van der Waals surface area contributed by atoms with Crippen LogP contribution in [0.25, 0.3) is 11.3 Å². The van der Waals surface area contributed by atoms with Crippen molar-refractivity contribution >= 4 is 9.84 Å². The average Bonchev–Trinajstić information content (AvgIpc) is 3.06. The lowest BCUT2D eigenvalue weighted by Gasteiger charge is -2.15. The first kappa shape index (κ1) is 16.1. The van der Waals surface area contributed by atoms with Gasteiger partial charge in [0.1, 0.15) is 11.6 Å². The maximum Gasteiger partial charge on any atom is 0.210 e. The molecule has 3 rings (SSSR count). The third kappa shape index (κ3) is 3.45. The van der Waals surface area contributed by atoms with Crippen LogP contribution in [0, 0.1) is 5.82 Å². The van der Waals surface area contributed by atoms with E-state index in [1.54, 1.807) is 18.2 Å². The summed E-state index contributed by atoms with van der Waals surface area (Å²) in [5, 5.41) is -0.568. The molecule has 0 amide bonds. The highest BCUT2D eigenvalue weighted by molar-refractivity contribution is 7.91. The van der Waals surface area contributed by atoms with Crippen molar-refractivity contribution in [2.75, 3.05) is 6.61 Å². The Morgan fingerprint density at radius 2 is 2.09 bits per heavy atom. The molecule has 0 saturated carbocycles. The normalized spacial score (nSPS) is 20.7. The first-order valence-electron chi connectivity index (χ1n) is 7.32. The number of sulfone groups is 1. The molecule has 1 unspecified atom stereocenters. The second-order valence-corrected chi connectivity index (χ2v) is 8.58. The van der Waals surface area contributed by atoms with Gasteiger partial charge in [-0.2, -0.15) is 0 Å². The Morgan fingerprint density at radius 1 is 1.35 bits per heavy atom. The van der Waals surface area contributed by atoms with E-state index < -0.39 is 26.5 Å². The Balaban J connectivity index is 1.78. The zero-order chi connectivity index (χ0) is 16.7. The highest BCUT2D eigenvalue weighted by Crippen LogP contribution is 2.31. The van der Waals surface area contributed by atoms with Gasteiger partial charge < -0.3 is 9.15 Å². The minimum absolute atomic E-state index is 0.0629. The van der Waals surface area contributed by atoms with E-state index in [0.29, 0.717) is 6.42 Å². The van der Waals surface area contributed by atoms with Gasteiger partial charge in [-0.1, -0.05) is 12.1 Å². The van der Waals surface area contributed by atoms with E-state index in [2.05, 4.69) is 4.98 Å². The van der Waals surface area contributed by atoms with Gasteiger partial charge in [-0.15, -0.1) is 0 Å². The van der Waals surface area contributed by atoms with Crippen LogP contribution >= 0.6 is 0 Å². The van der Waals surface area contributed by atoms with Gasteiger partial charge in [-0.05, 0) is 32.4 Å². The van der Waals surface area contributed by atoms with Gasteiger partial charge >= 0.3 is 0 Å². The van der Waals surface area contributed by atoms with E-state index in [1.165, 1.54) is 12.3 Å². The molecule has 0 radical (unpaired) electrons. The predicted octanol–water partition coefficient (Wildman–Crippen LogP) is 2.96. The summed E-state index contributed by atoms with van der Waals surface area (Å²) < 4.78 is 49.5.